The summed E-state index contributed by atoms with van der Waals surface area (Å²) in [7, 11) is 0. The van der Waals surface area contributed by atoms with E-state index in [0.29, 0.717) is 12.3 Å². The highest BCUT2D eigenvalue weighted by atomic mass is 16.7. The molecule has 1 aromatic carbocycles. The van der Waals surface area contributed by atoms with Crippen molar-refractivity contribution < 1.29 is 24.2 Å². The molecule has 3 heterocycles. The number of rotatable bonds is 2. The normalized spacial score (nSPS) is 39.9. The van der Waals surface area contributed by atoms with Crippen molar-refractivity contribution >= 4 is 17.4 Å². The van der Waals surface area contributed by atoms with Gasteiger partial charge in [-0.25, -0.2) is 0 Å². The predicted molar refractivity (Wildman–Crippen MR) is 75.8 cm³/mol. The maximum atomic E-state index is 12.9. The zero-order valence-electron chi connectivity index (χ0n) is 12.1. The minimum atomic E-state index is -1.57. The van der Waals surface area contributed by atoms with Gasteiger partial charge in [-0.15, -0.1) is 0 Å². The van der Waals surface area contributed by atoms with E-state index in [9.17, 15) is 14.7 Å². The highest BCUT2D eigenvalue weighted by Gasteiger charge is 2.64. The minimum Gasteiger partial charge on any atom is -0.366 e. The molecule has 0 radical (unpaired) electrons. The Morgan fingerprint density at radius 1 is 1.36 bits per heavy atom. The van der Waals surface area contributed by atoms with E-state index in [4.69, 9.17) is 9.47 Å². The van der Waals surface area contributed by atoms with Gasteiger partial charge < -0.3 is 14.6 Å². The van der Waals surface area contributed by atoms with E-state index >= 15 is 0 Å². The van der Waals surface area contributed by atoms with Crippen LogP contribution in [0.3, 0.4) is 0 Å². The number of carbonyl (C=O) groups is 2. The molecule has 22 heavy (non-hydrogen) atoms. The summed E-state index contributed by atoms with van der Waals surface area (Å²) >= 11 is 0. The summed E-state index contributed by atoms with van der Waals surface area (Å²) in [5.74, 6) is -1.71. The molecule has 0 saturated carbocycles. The molecule has 1 aromatic rings. The average molecular weight is 303 g/mol. The van der Waals surface area contributed by atoms with Gasteiger partial charge in [0.1, 0.15) is 11.7 Å². The highest BCUT2D eigenvalue weighted by Crippen LogP contribution is 2.49. The van der Waals surface area contributed by atoms with E-state index in [1.54, 1.807) is 24.3 Å². The van der Waals surface area contributed by atoms with Gasteiger partial charge in [-0.3, -0.25) is 14.5 Å². The van der Waals surface area contributed by atoms with Gasteiger partial charge in [0.05, 0.1) is 12.7 Å². The molecule has 3 aliphatic rings. The van der Waals surface area contributed by atoms with Crippen LogP contribution >= 0.6 is 0 Å². The van der Waals surface area contributed by atoms with E-state index < -0.39 is 17.9 Å². The van der Waals surface area contributed by atoms with Gasteiger partial charge in [0.25, 0.3) is 0 Å². The third-order valence-electron chi connectivity index (χ3n) is 4.86. The molecule has 6 heteroatoms. The summed E-state index contributed by atoms with van der Waals surface area (Å²) in [6, 6.07) is 8.85. The lowest BCUT2D eigenvalue weighted by Crippen LogP contribution is -2.70. The van der Waals surface area contributed by atoms with Crippen LogP contribution in [0, 0.1) is 11.8 Å². The third kappa shape index (κ3) is 1.71. The fourth-order valence-corrected chi connectivity index (χ4v) is 3.91. The quantitative estimate of drug-likeness (QED) is 0.814. The van der Waals surface area contributed by atoms with Crippen molar-refractivity contribution in [2.45, 2.75) is 31.5 Å². The molecule has 116 valence electrons. The number of carbonyl (C=O) groups excluding carboxylic acids is 2. The maximum Gasteiger partial charge on any atom is 0.240 e. The lowest BCUT2D eigenvalue weighted by atomic mass is 9.73. The summed E-state index contributed by atoms with van der Waals surface area (Å²) in [4.78, 5) is 26.3. The van der Waals surface area contributed by atoms with Crippen LogP contribution in [0.1, 0.15) is 13.3 Å². The summed E-state index contributed by atoms with van der Waals surface area (Å²) in [5.41, 5.74) is -1.03. The number of ether oxygens (including phenoxy) is 2. The van der Waals surface area contributed by atoms with Crippen molar-refractivity contribution in [2.24, 2.45) is 11.8 Å². The number of hydrogen-bond donors (Lipinski definition) is 1. The van der Waals surface area contributed by atoms with Crippen LogP contribution in [-0.4, -0.2) is 41.5 Å². The van der Waals surface area contributed by atoms with Crippen molar-refractivity contribution in [3.63, 3.8) is 0 Å². The Hall–Kier alpha value is -1.76. The molecule has 1 amide bonds. The zero-order chi connectivity index (χ0) is 15.5. The number of anilines is 1. The van der Waals surface area contributed by atoms with Crippen LogP contribution < -0.4 is 4.90 Å². The molecular formula is C16H17NO5. The van der Waals surface area contributed by atoms with E-state index in [0.717, 1.165) is 0 Å². The molecule has 6 nitrogen and oxygen atoms in total. The third-order valence-corrected chi connectivity index (χ3v) is 4.86. The van der Waals surface area contributed by atoms with E-state index in [2.05, 4.69) is 0 Å². The minimum absolute atomic E-state index is 0.202. The largest absolute Gasteiger partial charge is 0.366 e. The number of piperidine rings is 1. The van der Waals surface area contributed by atoms with Gasteiger partial charge in [0.15, 0.2) is 5.72 Å². The smallest absolute Gasteiger partial charge is 0.240 e. The van der Waals surface area contributed by atoms with Crippen molar-refractivity contribution in [3.8, 4) is 0 Å². The van der Waals surface area contributed by atoms with Crippen LogP contribution in [0.2, 0.25) is 0 Å². The molecule has 3 fully saturated rings. The first-order chi connectivity index (χ1) is 10.5. The van der Waals surface area contributed by atoms with Gasteiger partial charge in [0, 0.05) is 18.0 Å². The topological polar surface area (TPSA) is 76.1 Å². The van der Waals surface area contributed by atoms with Crippen LogP contribution in [0.4, 0.5) is 5.69 Å². The van der Waals surface area contributed by atoms with E-state index in [1.165, 1.54) is 11.8 Å². The molecule has 0 spiro atoms. The van der Waals surface area contributed by atoms with Gasteiger partial charge >= 0.3 is 0 Å². The van der Waals surface area contributed by atoms with Crippen molar-refractivity contribution in [2.75, 3.05) is 11.5 Å². The number of aliphatic hydroxyl groups is 1. The Morgan fingerprint density at radius 2 is 2.09 bits per heavy atom. The molecule has 5 atom stereocenters. The summed E-state index contributed by atoms with van der Waals surface area (Å²) in [6.07, 6.45) is -0.889. The fraction of sp³-hybridized carbons (Fsp3) is 0.500. The molecule has 3 saturated heterocycles. The number of para-hydroxylation sites is 1. The second-order valence-corrected chi connectivity index (χ2v) is 6.18. The number of amides is 1. The van der Waals surface area contributed by atoms with Crippen LogP contribution in [0.25, 0.3) is 0 Å². The van der Waals surface area contributed by atoms with Gasteiger partial charge in [0.2, 0.25) is 12.2 Å². The van der Waals surface area contributed by atoms with Crippen LogP contribution in [-0.2, 0) is 19.1 Å². The Kier molecular flexibility index (Phi) is 2.91. The Morgan fingerprint density at radius 3 is 2.77 bits per heavy atom. The summed E-state index contributed by atoms with van der Waals surface area (Å²) in [5, 5.41) is 11.1. The lowest BCUT2D eigenvalue weighted by Gasteiger charge is -2.52. The lowest BCUT2D eigenvalue weighted by molar-refractivity contribution is -0.238. The monoisotopic (exact) mass is 303 g/mol. The summed E-state index contributed by atoms with van der Waals surface area (Å²) in [6.45, 7) is 1.72. The van der Waals surface area contributed by atoms with Crippen LogP contribution in [0.15, 0.2) is 30.3 Å². The van der Waals surface area contributed by atoms with Crippen LogP contribution in [0.5, 0.6) is 0 Å². The first-order valence-electron chi connectivity index (χ1n) is 7.41. The van der Waals surface area contributed by atoms with E-state index in [1.807, 2.05) is 6.07 Å². The molecule has 1 N–H and O–H groups in total. The number of benzene rings is 1. The summed E-state index contributed by atoms with van der Waals surface area (Å²) < 4.78 is 11.3. The number of nitrogens with zero attached hydrogens (tertiary/aromatic N) is 1. The molecule has 3 aliphatic heterocycles. The number of Topliss-reactive ketones (excluding diaryl/α,β-unsaturated/α-hetero) is 1. The zero-order valence-corrected chi connectivity index (χ0v) is 12.1. The maximum absolute atomic E-state index is 12.9. The fourth-order valence-electron chi connectivity index (χ4n) is 3.91. The first-order valence-corrected chi connectivity index (χ1v) is 7.41. The SMILES string of the molecule is CC(=O)[C@@H]1C(=O)N(c2ccccc2)[C@]2(O)C[C@H]1[C@H]1CO[C@@H]2O1. The Balaban J connectivity index is 1.85. The first kappa shape index (κ1) is 13.9. The number of ketones is 1. The molecule has 4 rings (SSSR count). The predicted octanol–water partition coefficient (Wildman–Crippen LogP) is 0.688. The standard InChI is InChI=1S/C16H17NO5/c1-9(18)13-11-7-16(20,15-21-8-12(11)22-15)17(14(13)19)10-5-3-2-4-6-10/h2-6,11-13,15,20H,7-8H2,1H3/t11-,12+,13-,15+,16-/m0/s1. The highest BCUT2D eigenvalue weighted by molar-refractivity contribution is 6.09. The average Bonchev–Trinajstić information content (AvgIpc) is 2.93. The van der Waals surface area contributed by atoms with Gasteiger partial charge in [-0.1, -0.05) is 18.2 Å². The van der Waals surface area contributed by atoms with Crippen molar-refractivity contribution in [1.29, 1.82) is 0 Å². The molecule has 4 bridgehead atoms. The van der Waals surface area contributed by atoms with E-state index in [-0.39, 0.29) is 30.1 Å². The van der Waals surface area contributed by atoms with Crippen molar-refractivity contribution in [3.05, 3.63) is 30.3 Å². The molecule has 0 aliphatic carbocycles. The Bertz CT molecular complexity index is 633. The van der Waals surface area contributed by atoms with Crippen molar-refractivity contribution in [1.82, 2.24) is 0 Å². The second kappa shape index (κ2) is 4.62. The number of fused-ring (bicyclic) bond motifs is 6. The number of hydrogen-bond acceptors (Lipinski definition) is 5. The molecule has 0 unspecified atom stereocenters. The van der Waals surface area contributed by atoms with Gasteiger partial charge in [-0.05, 0) is 19.1 Å². The molecule has 0 aromatic heterocycles. The van der Waals surface area contributed by atoms with Gasteiger partial charge in [-0.2, -0.15) is 0 Å². The Labute approximate surface area is 127 Å². The second-order valence-electron chi connectivity index (χ2n) is 6.18. The molecular weight excluding hydrogens is 286 g/mol.